The molecular weight excluding hydrogens is 338 g/mol. The number of nitrogens with zero attached hydrogens (tertiary/aromatic N) is 4. The quantitative estimate of drug-likeness (QED) is 0.608. The van der Waals surface area contributed by atoms with Crippen molar-refractivity contribution in [3.8, 4) is 0 Å². The van der Waals surface area contributed by atoms with Crippen LogP contribution in [-0.2, 0) is 9.84 Å². The van der Waals surface area contributed by atoms with E-state index in [-0.39, 0.29) is 15.6 Å². The van der Waals surface area contributed by atoms with Crippen molar-refractivity contribution >= 4 is 32.2 Å². The van der Waals surface area contributed by atoms with Crippen LogP contribution >= 0.6 is 0 Å². The molecule has 0 aliphatic rings. The molecular formula is C17H15N5O2S. The van der Waals surface area contributed by atoms with E-state index in [1.165, 1.54) is 4.52 Å². The van der Waals surface area contributed by atoms with Gasteiger partial charge < -0.3 is 5.32 Å². The minimum Gasteiger partial charge on any atom is -0.373 e. The molecule has 1 N–H and O–H groups in total. The van der Waals surface area contributed by atoms with Crippen LogP contribution in [0.2, 0.25) is 0 Å². The van der Waals surface area contributed by atoms with Crippen LogP contribution in [0.25, 0.3) is 16.6 Å². The van der Waals surface area contributed by atoms with Gasteiger partial charge >= 0.3 is 0 Å². The third-order valence-electron chi connectivity index (χ3n) is 4.01. The fraction of sp³-hybridized carbons (Fsp3) is 0.118. The summed E-state index contributed by atoms with van der Waals surface area (Å²) in [6.07, 6.45) is 0. The Morgan fingerprint density at radius 2 is 1.88 bits per heavy atom. The predicted molar refractivity (Wildman–Crippen MR) is 94.5 cm³/mol. The van der Waals surface area contributed by atoms with Crippen LogP contribution < -0.4 is 5.32 Å². The number of benzene rings is 2. The van der Waals surface area contributed by atoms with Gasteiger partial charge in [-0.3, -0.25) is 0 Å². The van der Waals surface area contributed by atoms with Crippen LogP contribution in [0, 0.1) is 6.92 Å². The van der Waals surface area contributed by atoms with Gasteiger partial charge in [-0.2, -0.15) is 4.52 Å². The van der Waals surface area contributed by atoms with Crippen molar-refractivity contribution in [2.45, 2.75) is 16.8 Å². The van der Waals surface area contributed by atoms with Crippen LogP contribution in [-0.4, -0.2) is 35.3 Å². The number of fused-ring (bicyclic) bond motifs is 3. The van der Waals surface area contributed by atoms with E-state index >= 15 is 0 Å². The van der Waals surface area contributed by atoms with Gasteiger partial charge in [0.05, 0.1) is 10.4 Å². The van der Waals surface area contributed by atoms with E-state index in [0.717, 1.165) is 16.5 Å². The Labute approximate surface area is 144 Å². The number of hydrogen-bond donors (Lipinski definition) is 1. The Kier molecular flexibility index (Phi) is 3.43. The van der Waals surface area contributed by atoms with Gasteiger partial charge in [0.15, 0.2) is 5.65 Å². The molecule has 25 heavy (non-hydrogen) atoms. The van der Waals surface area contributed by atoms with Crippen LogP contribution in [0.15, 0.2) is 58.5 Å². The fourth-order valence-electron chi connectivity index (χ4n) is 2.80. The van der Waals surface area contributed by atoms with Gasteiger partial charge in [0.2, 0.25) is 14.9 Å². The number of aryl methyl sites for hydroxylation is 1. The maximum absolute atomic E-state index is 13.0. The molecule has 0 bridgehead atoms. The van der Waals surface area contributed by atoms with Crippen molar-refractivity contribution in [2.75, 3.05) is 12.4 Å². The molecule has 7 nitrogen and oxygen atoms in total. The molecule has 0 saturated heterocycles. The molecule has 4 rings (SSSR count). The minimum atomic E-state index is -3.82. The summed E-state index contributed by atoms with van der Waals surface area (Å²) in [7, 11) is -2.08. The largest absolute Gasteiger partial charge is 0.373 e. The second-order valence-electron chi connectivity index (χ2n) is 5.68. The molecule has 0 aliphatic carbocycles. The van der Waals surface area contributed by atoms with Crippen LogP contribution in [0.5, 0.6) is 0 Å². The number of hydrogen-bond acceptors (Lipinski definition) is 6. The van der Waals surface area contributed by atoms with E-state index in [4.69, 9.17) is 0 Å². The summed E-state index contributed by atoms with van der Waals surface area (Å²) in [5.41, 5.74) is 1.78. The Bertz CT molecular complexity index is 1210. The van der Waals surface area contributed by atoms with Crippen LogP contribution in [0.3, 0.4) is 0 Å². The molecule has 2 aromatic heterocycles. The van der Waals surface area contributed by atoms with E-state index in [1.807, 2.05) is 37.3 Å². The van der Waals surface area contributed by atoms with Crippen molar-refractivity contribution in [3.63, 3.8) is 0 Å². The smallest absolute Gasteiger partial charge is 0.229 e. The first-order valence-corrected chi connectivity index (χ1v) is 9.14. The summed E-state index contributed by atoms with van der Waals surface area (Å²) < 4.78 is 27.5. The van der Waals surface area contributed by atoms with Gasteiger partial charge in [-0.1, -0.05) is 29.5 Å². The van der Waals surface area contributed by atoms with Crippen molar-refractivity contribution in [3.05, 3.63) is 54.1 Å². The van der Waals surface area contributed by atoms with E-state index in [2.05, 4.69) is 20.6 Å². The van der Waals surface area contributed by atoms with E-state index in [0.29, 0.717) is 5.82 Å². The van der Waals surface area contributed by atoms with Gasteiger partial charge in [0.25, 0.3) is 0 Å². The normalized spacial score (nSPS) is 11.9. The molecule has 0 atom stereocenters. The van der Waals surface area contributed by atoms with E-state index in [9.17, 15) is 8.42 Å². The predicted octanol–water partition coefficient (Wildman–Crippen LogP) is 2.46. The first kappa shape index (κ1) is 15.5. The SMILES string of the molecule is CNc1nc2c(S(=O)(=O)c3cccc(C)c3)nnn2c2ccccc12. The highest BCUT2D eigenvalue weighted by molar-refractivity contribution is 7.91. The zero-order valence-electron chi connectivity index (χ0n) is 13.6. The van der Waals surface area contributed by atoms with Crippen LogP contribution in [0.1, 0.15) is 5.56 Å². The topological polar surface area (TPSA) is 89.2 Å². The molecule has 2 heterocycles. The summed E-state index contributed by atoms with van der Waals surface area (Å²) in [6, 6.07) is 14.2. The first-order valence-electron chi connectivity index (χ1n) is 7.66. The standard InChI is InChI=1S/C17H15N5O2S/c1-11-6-5-7-12(10-11)25(23,24)17-16-19-15(18-2)13-8-3-4-9-14(13)22(16)21-20-17/h3-10H,1-2H3,(H,18,19). The van der Waals surface area contributed by atoms with Gasteiger partial charge in [0, 0.05) is 12.4 Å². The molecule has 4 aromatic rings. The second kappa shape index (κ2) is 5.52. The van der Waals surface area contributed by atoms with Crippen molar-refractivity contribution in [2.24, 2.45) is 0 Å². The lowest BCUT2D eigenvalue weighted by Gasteiger charge is -2.07. The number of aromatic nitrogens is 4. The maximum Gasteiger partial charge on any atom is 0.229 e. The van der Waals surface area contributed by atoms with Gasteiger partial charge in [-0.15, -0.1) is 5.10 Å². The minimum absolute atomic E-state index is 0.152. The Balaban J connectivity index is 2.05. The third kappa shape index (κ3) is 2.33. The summed E-state index contributed by atoms with van der Waals surface area (Å²) >= 11 is 0. The van der Waals surface area contributed by atoms with Gasteiger partial charge in [0.1, 0.15) is 5.82 Å². The Morgan fingerprint density at radius 1 is 1.08 bits per heavy atom. The fourth-order valence-corrected chi connectivity index (χ4v) is 4.14. The monoisotopic (exact) mass is 353 g/mol. The lowest BCUT2D eigenvalue weighted by molar-refractivity contribution is 0.592. The molecule has 126 valence electrons. The summed E-state index contributed by atoms with van der Waals surface area (Å²) in [5.74, 6) is 0.575. The maximum atomic E-state index is 13.0. The molecule has 0 fully saturated rings. The zero-order valence-corrected chi connectivity index (χ0v) is 14.4. The van der Waals surface area contributed by atoms with Crippen molar-refractivity contribution < 1.29 is 8.42 Å². The molecule has 8 heteroatoms. The number of rotatable bonds is 3. The molecule has 0 spiro atoms. The number of para-hydroxylation sites is 1. The highest BCUT2D eigenvalue weighted by atomic mass is 32.2. The Hall–Kier alpha value is -3.00. The van der Waals surface area contributed by atoms with Gasteiger partial charge in [-0.05, 0) is 36.8 Å². The zero-order chi connectivity index (χ0) is 17.6. The summed E-state index contributed by atoms with van der Waals surface area (Å²) in [5, 5.41) is 11.7. The molecule has 0 radical (unpaired) electrons. The molecule has 0 aliphatic heterocycles. The number of nitrogens with one attached hydrogen (secondary N) is 1. The van der Waals surface area contributed by atoms with E-state index < -0.39 is 9.84 Å². The van der Waals surface area contributed by atoms with Crippen LogP contribution in [0.4, 0.5) is 5.82 Å². The lowest BCUT2D eigenvalue weighted by Crippen LogP contribution is -2.05. The summed E-state index contributed by atoms with van der Waals surface area (Å²) in [4.78, 5) is 4.62. The van der Waals surface area contributed by atoms with E-state index in [1.54, 1.807) is 25.2 Å². The van der Waals surface area contributed by atoms with Crippen molar-refractivity contribution in [1.82, 2.24) is 19.8 Å². The molecule has 2 aromatic carbocycles. The number of anilines is 1. The van der Waals surface area contributed by atoms with Crippen molar-refractivity contribution in [1.29, 1.82) is 0 Å². The average molecular weight is 353 g/mol. The third-order valence-corrected chi connectivity index (χ3v) is 5.66. The molecule has 0 unspecified atom stereocenters. The average Bonchev–Trinajstić information content (AvgIpc) is 3.06. The lowest BCUT2D eigenvalue weighted by atomic mass is 10.2. The second-order valence-corrected chi connectivity index (χ2v) is 7.54. The summed E-state index contributed by atoms with van der Waals surface area (Å²) in [6.45, 7) is 1.84. The number of sulfone groups is 1. The molecule has 0 amide bonds. The highest BCUT2D eigenvalue weighted by Crippen LogP contribution is 2.27. The molecule has 0 saturated carbocycles. The Morgan fingerprint density at radius 3 is 2.64 bits per heavy atom. The first-order chi connectivity index (χ1) is 12.0. The highest BCUT2D eigenvalue weighted by Gasteiger charge is 2.27. The van der Waals surface area contributed by atoms with Gasteiger partial charge in [-0.25, -0.2) is 13.4 Å².